The molecule has 0 radical (unpaired) electrons. The summed E-state index contributed by atoms with van der Waals surface area (Å²) in [6.07, 6.45) is 3.42. The van der Waals surface area contributed by atoms with E-state index in [0.717, 1.165) is 11.3 Å². The molecule has 1 fully saturated rings. The molecule has 0 saturated carbocycles. The van der Waals surface area contributed by atoms with Crippen molar-refractivity contribution in [1.29, 1.82) is 0 Å². The van der Waals surface area contributed by atoms with E-state index in [2.05, 4.69) is 10.3 Å². The van der Waals surface area contributed by atoms with Crippen LogP contribution >= 0.6 is 11.8 Å². The minimum atomic E-state index is -0.521. The number of rotatable bonds is 5. The second-order valence-corrected chi connectivity index (χ2v) is 6.96. The number of aromatic nitrogens is 3. The number of amides is 1. The Morgan fingerprint density at radius 3 is 2.78 bits per heavy atom. The van der Waals surface area contributed by atoms with Gasteiger partial charge in [0.15, 0.2) is 0 Å². The number of β-lactam (4-membered cyclic amide) rings is 1. The van der Waals surface area contributed by atoms with Crippen LogP contribution in [0.25, 0.3) is 6.08 Å². The van der Waals surface area contributed by atoms with Crippen LogP contribution in [0.5, 0.6) is 5.75 Å². The highest BCUT2D eigenvalue weighted by Crippen LogP contribution is 2.45. The Bertz CT molecular complexity index is 964. The van der Waals surface area contributed by atoms with E-state index in [-0.39, 0.29) is 23.6 Å². The molecule has 0 unspecified atom stereocenters. The molecule has 1 saturated heterocycles. The number of nitrogens with zero attached hydrogens (tertiary/aromatic N) is 4. The molecule has 138 valence electrons. The Morgan fingerprint density at radius 2 is 2.11 bits per heavy atom. The van der Waals surface area contributed by atoms with E-state index in [4.69, 9.17) is 9.47 Å². The van der Waals surface area contributed by atoms with Crippen LogP contribution in [0, 0.1) is 0 Å². The van der Waals surface area contributed by atoms with Gasteiger partial charge in [0.25, 0.3) is 5.91 Å². The summed E-state index contributed by atoms with van der Waals surface area (Å²) in [5.41, 5.74) is 2.30. The van der Waals surface area contributed by atoms with E-state index >= 15 is 0 Å². The van der Waals surface area contributed by atoms with Crippen molar-refractivity contribution in [2.45, 2.75) is 12.0 Å². The third-order valence-electron chi connectivity index (χ3n) is 4.20. The number of ether oxygens (including phenoxy) is 2. The van der Waals surface area contributed by atoms with Crippen LogP contribution in [0.1, 0.15) is 11.3 Å². The lowest BCUT2D eigenvalue weighted by molar-refractivity contribution is -0.146. The van der Waals surface area contributed by atoms with Crippen molar-refractivity contribution >= 4 is 29.7 Å². The van der Waals surface area contributed by atoms with Gasteiger partial charge in [-0.05, 0) is 23.8 Å². The van der Waals surface area contributed by atoms with Crippen molar-refractivity contribution < 1.29 is 19.1 Å². The molecule has 4 rings (SSSR count). The van der Waals surface area contributed by atoms with Crippen molar-refractivity contribution in [3.05, 3.63) is 58.4 Å². The predicted molar refractivity (Wildman–Crippen MR) is 98.1 cm³/mol. The van der Waals surface area contributed by atoms with Gasteiger partial charge in [-0.15, -0.1) is 16.9 Å². The zero-order valence-electron chi connectivity index (χ0n) is 14.7. The number of methoxy groups -OCH3 is 1. The minimum absolute atomic E-state index is 0.125. The van der Waals surface area contributed by atoms with Gasteiger partial charge in [-0.2, -0.15) is 0 Å². The SMILES string of the molecule is COc1ccc(COC(=O)C2=CS[C@@H]3C(=Cc4cn(C)nn4)C(=O)N23)cc1. The lowest BCUT2D eigenvalue weighted by Crippen LogP contribution is -2.51. The van der Waals surface area contributed by atoms with Crippen LogP contribution in [0.4, 0.5) is 0 Å². The lowest BCUT2D eigenvalue weighted by atomic mass is 10.0. The highest BCUT2D eigenvalue weighted by atomic mass is 32.2. The van der Waals surface area contributed by atoms with E-state index in [9.17, 15) is 9.59 Å². The molecule has 1 atom stereocenters. The predicted octanol–water partition coefficient (Wildman–Crippen LogP) is 1.71. The molecule has 0 N–H and O–H groups in total. The molecule has 27 heavy (non-hydrogen) atoms. The number of carbonyl (C=O) groups excluding carboxylic acids is 2. The fraction of sp³-hybridized carbons (Fsp3) is 0.222. The molecule has 3 heterocycles. The topological polar surface area (TPSA) is 86.5 Å². The molecule has 2 aliphatic rings. The van der Waals surface area contributed by atoms with Gasteiger partial charge in [0.05, 0.1) is 18.9 Å². The van der Waals surface area contributed by atoms with E-state index in [1.807, 2.05) is 12.1 Å². The molecule has 2 aromatic rings. The molecule has 0 spiro atoms. The smallest absolute Gasteiger partial charge is 0.355 e. The Kier molecular flexibility index (Phi) is 4.44. The summed E-state index contributed by atoms with van der Waals surface area (Å²) in [5, 5.41) is 9.24. The van der Waals surface area contributed by atoms with Gasteiger partial charge in [0, 0.05) is 12.5 Å². The van der Waals surface area contributed by atoms with Gasteiger partial charge in [-0.1, -0.05) is 17.3 Å². The fourth-order valence-electron chi connectivity index (χ4n) is 2.79. The molecule has 9 heteroatoms. The molecule has 0 bridgehead atoms. The molecular formula is C18H16N4O4S. The van der Waals surface area contributed by atoms with Crippen LogP contribution in [0.3, 0.4) is 0 Å². The zero-order chi connectivity index (χ0) is 19.0. The average Bonchev–Trinajstić information content (AvgIpc) is 3.28. The van der Waals surface area contributed by atoms with Crippen LogP contribution in [0.2, 0.25) is 0 Å². The van der Waals surface area contributed by atoms with E-state index in [1.54, 1.807) is 48.7 Å². The third-order valence-corrected chi connectivity index (χ3v) is 5.28. The highest BCUT2D eigenvalue weighted by molar-refractivity contribution is 8.03. The van der Waals surface area contributed by atoms with Crippen molar-refractivity contribution in [3.8, 4) is 5.75 Å². The molecule has 1 amide bonds. The Hall–Kier alpha value is -3.07. The number of esters is 1. The number of hydrogen-bond acceptors (Lipinski definition) is 7. The summed E-state index contributed by atoms with van der Waals surface area (Å²) in [5.74, 6) is -0.00700. The number of thioether (sulfide) groups is 1. The number of benzene rings is 1. The summed E-state index contributed by atoms with van der Waals surface area (Å²) >= 11 is 1.40. The molecule has 2 aliphatic heterocycles. The number of carbonyl (C=O) groups is 2. The second kappa shape index (κ2) is 6.92. The standard InChI is InChI=1S/C18H16N4O4S/c1-21-8-12(19-20-21)7-14-16(23)22-15(10-27-17(14)22)18(24)26-9-11-3-5-13(25-2)6-4-11/h3-8,10,17H,9H2,1-2H3/t17-/m1/s1. The first-order valence-electron chi connectivity index (χ1n) is 8.14. The molecule has 8 nitrogen and oxygen atoms in total. The van der Waals surface area contributed by atoms with Gasteiger partial charge in [0.2, 0.25) is 0 Å². The minimum Gasteiger partial charge on any atom is -0.497 e. The van der Waals surface area contributed by atoms with E-state index < -0.39 is 5.97 Å². The Labute approximate surface area is 159 Å². The van der Waals surface area contributed by atoms with Crippen molar-refractivity contribution in [2.75, 3.05) is 7.11 Å². The van der Waals surface area contributed by atoms with Crippen LogP contribution in [0.15, 0.2) is 47.1 Å². The van der Waals surface area contributed by atoms with Gasteiger partial charge >= 0.3 is 5.97 Å². The highest BCUT2D eigenvalue weighted by Gasteiger charge is 2.49. The molecular weight excluding hydrogens is 368 g/mol. The summed E-state index contributed by atoms with van der Waals surface area (Å²) in [7, 11) is 3.35. The molecule has 1 aromatic carbocycles. The lowest BCUT2D eigenvalue weighted by Gasteiger charge is -2.37. The number of hydrogen-bond donors (Lipinski definition) is 0. The van der Waals surface area contributed by atoms with Crippen LogP contribution < -0.4 is 4.74 Å². The van der Waals surface area contributed by atoms with E-state index in [1.165, 1.54) is 16.7 Å². The summed E-state index contributed by atoms with van der Waals surface area (Å²) in [4.78, 5) is 26.3. The van der Waals surface area contributed by atoms with E-state index in [0.29, 0.717) is 11.3 Å². The largest absolute Gasteiger partial charge is 0.497 e. The zero-order valence-corrected chi connectivity index (χ0v) is 15.5. The van der Waals surface area contributed by atoms with Gasteiger partial charge in [-0.25, -0.2) is 4.79 Å². The first kappa shape index (κ1) is 17.3. The van der Waals surface area contributed by atoms with Crippen molar-refractivity contribution in [3.63, 3.8) is 0 Å². The van der Waals surface area contributed by atoms with Crippen LogP contribution in [-0.2, 0) is 28.0 Å². The Morgan fingerprint density at radius 1 is 1.33 bits per heavy atom. The molecule has 1 aromatic heterocycles. The summed E-state index contributed by atoms with van der Waals surface area (Å²) in [6.45, 7) is 0.125. The monoisotopic (exact) mass is 384 g/mol. The van der Waals surface area contributed by atoms with Crippen LogP contribution in [-0.4, -0.2) is 44.3 Å². The fourth-order valence-corrected chi connectivity index (χ4v) is 3.91. The number of aryl methyl sites for hydroxylation is 1. The third kappa shape index (κ3) is 3.21. The van der Waals surface area contributed by atoms with Gasteiger partial charge in [-0.3, -0.25) is 14.4 Å². The van der Waals surface area contributed by atoms with Gasteiger partial charge in [0.1, 0.15) is 29.1 Å². The number of fused-ring (bicyclic) bond motifs is 1. The average molecular weight is 384 g/mol. The van der Waals surface area contributed by atoms with Crippen molar-refractivity contribution in [1.82, 2.24) is 19.9 Å². The quantitative estimate of drug-likeness (QED) is 0.441. The molecule has 0 aliphatic carbocycles. The van der Waals surface area contributed by atoms with Gasteiger partial charge < -0.3 is 9.47 Å². The maximum atomic E-state index is 12.4. The maximum Gasteiger partial charge on any atom is 0.355 e. The first-order valence-corrected chi connectivity index (χ1v) is 9.08. The summed E-state index contributed by atoms with van der Waals surface area (Å²) in [6, 6.07) is 7.24. The normalized spacial score (nSPS) is 19.6. The first-order chi connectivity index (χ1) is 13.1. The second-order valence-electron chi connectivity index (χ2n) is 6.01. The Balaban J connectivity index is 1.39. The maximum absolute atomic E-state index is 12.4. The van der Waals surface area contributed by atoms with Crippen molar-refractivity contribution in [2.24, 2.45) is 7.05 Å². The summed E-state index contributed by atoms with van der Waals surface area (Å²) < 4.78 is 12.0.